The summed E-state index contributed by atoms with van der Waals surface area (Å²) in [6.45, 7) is 1.48. The van der Waals surface area contributed by atoms with Crippen molar-refractivity contribution in [1.29, 1.82) is 0 Å². The molecule has 1 aliphatic heterocycles. The van der Waals surface area contributed by atoms with Gasteiger partial charge in [0.2, 0.25) is 10.0 Å². The van der Waals surface area contributed by atoms with E-state index in [1.807, 2.05) is 40.6 Å². The molecule has 0 radical (unpaired) electrons. The first-order chi connectivity index (χ1) is 15.2. The fraction of sp³-hybridized carbons (Fsp3) is 0.286. The minimum absolute atomic E-state index is 0.0696. The van der Waals surface area contributed by atoms with Crippen LogP contribution >= 0.6 is 11.3 Å². The van der Waals surface area contributed by atoms with Gasteiger partial charge < -0.3 is 9.64 Å². The Labute approximate surface area is 187 Å². The highest BCUT2D eigenvalue weighted by Gasteiger charge is 2.32. The van der Waals surface area contributed by atoms with Gasteiger partial charge in [-0.25, -0.2) is 13.4 Å². The van der Waals surface area contributed by atoms with Crippen molar-refractivity contribution in [1.82, 2.24) is 9.29 Å². The summed E-state index contributed by atoms with van der Waals surface area (Å²) in [7, 11) is -3.81. The standard InChI is InChI=1S/C21H20F3N3O3S2/c22-21(23,24)30-18-6-8-19(9-7-18)32(28,29)27-12-10-26(11-13-27)20-25-17(15-31-20)14-16-4-2-1-3-5-16/h1-9,15H,10-14H2. The highest BCUT2D eigenvalue weighted by atomic mass is 32.2. The first-order valence-electron chi connectivity index (χ1n) is 9.80. The molecule has 1 fully saturated rings. The Morgan fingerprint density at radius 1 is 0.969 bits per heavy atom. The maximum atomic E-state index is 12.9. The van der Waals surface area contributed by atoms with E-state index in [-0.39, 0.29) is 18.0 Å². The van der Waals surface area contributed by atoms with Crippen LogP contribution in [0.3, 0.4) is 0 Å². The Bertz CT molecular complexity index is 1140. The van der Waals surface area contributed by atoms with Crippen molar-refractivity contribution in [3.05, 3.63) is 71.2 Å². The summed E-state index contributed by atoms with van der Waals surface area (Å²) < 4.78 is 67.8. The van der Waals surface area contributed by atoms with Gasteiger partial charge in [0.1, 0.15) is 5.75 Å². The molecule has 1 aromatic heterocycles. The SMILES string of the molecule is O=S(=O)(c1ccc(OC(F)(F)F)cc1)N1CCN(c2nc(Cc3ccccc3)cs2)CC1. The maximum Gasteiger partial charge on any atom is 0.573 e. The smallest absolute Gasteiger partial charge is 0.406 e. The second-order valence-corrected chi connectivity index (χ2v) is 9.97. The van der Waals surface area contributed by atoms with Gasteiger partial charge in [0.15, 0.2) is 5.13 Å². The van der Waals surface area contributed by atoms with Crippen molar-refractivity contribution in [2.45, 2.75) is 17.7 Å². The molecule has 11 heteroatoms. The maximum absolute atomic E-state index is 12.9. The van der Waals surface area contributed by atoms with E-state index in [1.54, 1.807) is 0 Å². The summed E-state index contributed by atoms with van der Waals surface area (Å²) in [6, 6.07) is 14.3. The molecule has 2 heterocycles. The summed E-state index contributed by atoms with van der Waals surface area (Å²) in [5, 5.41) is 2.86. The number of aromatic nitrogens is 1. The van der Waals surface area contributed by atoms with Gasteiger partial charge >= 0.3 is 6.36 Å². The van der Waals surface area contributed by atoms with Crippen molar-refractivity contribution < 1.29 is 26.3 Å². The Kier molecular flexibility index (Phi) is 6.40. The molecule has 3 aromatic rings. The average Bonchev–Trinajstić information content (AvgIpc) is 3.22. The Morgan fingerprint density at radius 2 is 1.62 bits per heavy atom. The van der Waals surface area contributed by atoms with Gasteiger partial charge in [-0.3, -0.25) is 0 Å². The van der Waals surface area contributed by atoms with E-state index in [9.17, 15) is 21.6 Å². The third-order valence-electron chi connectivity index (χ3n) is 4.97. The first kappa shape index (κ1) is 22.6. The molecule has 0 bridgehead atoms. The number of sulfonamides is 1. The lowest BCUT2D eigenvalue weighted by Crippen LogP contribution is -2.48. The molecule has 2 aromatic carbocycles. The van der Waals surface area contributed by atoms with Crippen LogP contribution < -0.4 is 9.64 Å². The zero-order chi connectivity index (χ0) is 22.8. The van der Waals surface area contributed by atoms with Crippen LogP contribution in [0.15, 0.2) is 64.9 Å². The summed E-state index contributed by atoms with van der Waals surface area (Å²) >= 11 is 1.53. The predicted molar refractivity (Wildman–Crippen MR) is 115 cm³/mol. The molecule has 170 valence electrons. The predicted octanol–water partition coefficient (Wildman–Crippen LogP) is 4.14. The largest absolute Gasteiger partial charge is 0.573 e. The van der Waals surface area contributed by atoms with Crippen LogP contribution in [-0.4, -0.2) is 50.2 Å². The molecule has 4 rings (SSSR count). The number of ether oxygens (including phenoxy) is 1. The Morgan fingerprint density at radius 3 is 2.25 bits per heavy atom. The zero-order valence-corrected chi connectivity index (χ0v) is 18.5. The molecule has 0 saturated carbocycles. The molecule has 32 heavy (non-hydrogen) atoms. The monoisotopic (exact) mass is 483 g/mol. The highest BCUT2D eigenvalue weighted by Crippen LogP contribution is 2.27. The van der Waals surface area contributed by atoms with Crippen molar-refractivity contribution in [3.8, 4) is 5.75 Å². The van der Waals surface area contributed by atoms with Gasteiger partial charge in [-0.1, -0.05) is 30.3 Å². The van der Waals surface area contributed by atoms with E-state index >= 15 is 0 Å². The highest BCUT2D eigenvalue weighted by molar-refractivity contribution is 7.89. The number of piperazine rings is 1. The second-order valence-electron chi connectivity index (χ2n) is 7.19. The van der Waals surface area contributed by atoms with Crippen LogP contribution in [-0.2, 0) is 16.4 Å². The number of alkyl halides is 3. The number of hydrogen-bond acceptors (Lipinski definition) is 6. The lowest BCUT2D eigenvalue weighted by Gasteiger charge is -2.33. The summed E-state index contributed by atoms with van der Waals surface area (Å²) in [5.74, 6) is -0.462. The number of anilines is 1. The van der Waals surface area contributed by atoms with E-state index in [0.29, 0.717) is 13.1 Å². The van der Waals surface area contributed by atoms with Gasteiger partial charge in [0.05, 0.1) is 10.6 Å². The number of thiazole rings is 1. The Hall–Kier alpha value is -2.63. The number of halogens is 3. The van der Waals surface area contributed by atoms with Crippen molar-refractivity contribution in [3.63, 3.8) is 0 Å². The van der Waals surface area contributed by atoms with E-state index in [1.165, 1.54) is 21.2 Å². The van der Waals surface area contributed by atoms with Crippen molar-refractivity contribution in [2.75, 3.05) is 31.1 Å². The first-order valence-corrected chi connectivity index (χ1v) is 12.1. The Balaban J connectivity index is 1.37. The molecule has 0 N–H and O–H groups in total. The van der Waals surface area contributed by atoms with Crippen LogP contribution in [0.2, 0.25) is 0 Å². The number of nitrogens with zero attached hydrogens (tertiary/aromatic N) is 3. The topological polar surface area (TPSA) is 62.7 Å². The molecular formula is C21H20F3N3O3S2. The molecule has 0 unspecified atom stereocenters. The van der Waals surface area contributed by atoms with Crippen LogP contribution in [0.4, 0.5) is 18.3 Å². The minimum atomic E-state index is -4.83. The number of rotatable bonds is 6. The second kappa shape index (κ2) is 9.08. The van der Waals surface area contributed by atoms with Crippen LogP contribution in [0.1, 0.15) is 11.3 Å². The van der Waals surface area contributed by atoms with Crippen molar-refractivity contribution in [2.24, 2.45) is 0 Å². The third kappa shape index (κ3) is 5.40. The van der Waals surface area contributed by atoms with E-state index in [2.05, 4.69) is 9.72 Å². The fourth-order valence-corrected chi connectivity index (χ4v) is 5.71. The molecule has 0 aliphatic carbocycles. The number of benzene rings is 2. The van der Waals surface area contributed by atoms with Gasteiger partial charge in [-0.15, -0.1) is 24.5 Å². The van der Waals surface area contributed by atoms with E-state index in [0.717, 1.165) is 41.5 Å². The average molecular weight is 484 g/mol. The van der Waals surface area contributed by atoms with E-state index < -0.39 is 22.1 Å². The van der Waals surface area contributed by atoms with E-state index in [4.69, 9.17) is 0 Å². The minimum Gasteiger partial charge on any atom is -0.406 e. The zero-order valence-electron chi connectivity index (χ0n) is 16.8. The molecule has 6 nitrogen and oxygen atoms in total. The summed E-state index contributed by atoms with van der Waals surface area (Å²) in [5.41, 5.74) is 2.14. The molecule has 0 atom stereocenters. The molecular weight excluding hydrogens is 463 g/mol. The third-order valence-corrected chi connectivity index (χ3v) is 7.84. The van der Waals surface area contributed by atoms with Gasteiger partial charge in [-0.05, 0) is 29.8 Å². The van der Waals surface area contributed by atoms with Crippen LogP contribution in [0.25, 0.3) is 0 Å². The quantitative estimate of drug-likeness (QED) is 0.527. The molecule has 1 aliphatic rings. The number of hydrogen-bond donors (Lipinski definition) is 0. The van der Waals surface area contributed by atoms with Crippen LogP contribution in [0.5, 0.6) is 5.75 Å². The van der Waals surface area contributed by atoms with Gasteiger partial charge in [-0.2, -0.15) is 4.31 Å². The lowest BCUT2D eigenvalue weighted by molar-refractivity contribution is -0.274. The summed E-state index contributed by atoms with van der Waals surface area (Å²) in [6.07, 6.45) is -4.09. The lowest BCUT2D eigenvalue weighted by atomic mass is 10.1. The normalized spacial score (nSPS) is 15.7. The molecule has 0 spiro atoms. The fourth-order valence-electron chi connectivity index (χ4n) is 3.41. The van der Waals surface area contributed by atoms with Gasteiger partial charge in [0, 0.05) is 38.0 Å². The summed E-state index contributed by atoms with van der Waals surface area (Å²) in [4.78, 5) is 6.66. The van der Waals surface area contributed by atoms with Crippen LogP contribution in [0, 0.1) is 0 Å². The van der Waals surface area contributed by atoms with Gasteiger partial charge in [0.25, 0.3) is 0 Å². The molecule has 0 amide bonds. The molecule has 1 saturated heterocycles. The van der Waals surface area contributed by atoms with Crippen molar-refractivity contribution >= 4 is 26.5 Å².